The first kappa shape index (κ1) is 14.2. The number of nitrogens with one attached hydrogen (secondary N) is 1. The lowest BCUT2D eigenvalue weighted by atomic mass is 10.2. The Morgan fingerprint density at radius 2 is 2.00 bits per heavy atom. The number of hydrogen-bond acceptors (Lipinski definition) is 3. The van der Waals surface area contributed by atoms with Gasteiger partial charge in [-0.2, -0.15) is 0 Å². The minimum absolute atomic E-state index is 0.119. The molecule has 0 heterocycles. The predicted molar refractivity (Wildman–Crippen MR) is 83.8 cm³/mol. The molecule has 0 bridgehead atoms. The van der Waals surface area contributed by atoms with E-state index < -0.39 is 0 Å². The highest BCUT2D eigenvalue weighted by Crippen LogP contribution is 2.35. The van der Waals surface area contributed by atoms with Gasteiger partial charge in [-0.05, 0) is 51.8 Å². The van der Waals surface area contributed by atoms with E-state index in [4.69, 9.17) is 4.74 Å². The van der Waals surface area contributed by atoms with E-state index >= 15 is 0 Å². The van der Waals surface area contributed by atoms with Gasteiger partial charge in [0.2, 0.25) is 0 Å². The third kappa shape index (κ3) is 3.64. The van der Waals surface area contributed by atoms with E-state index in [1.807, 2.05) is 36.4 Å². The van der Waals surface area contributed by atoms with Gasteiger partial charge < -0.3 is 15.2 Å². The average molecular weight is 387 g/mol. The van der Waals surface area contributed by atoms with Crippen LogP contribution in [0.3, 0.4) is 0 Å². The zero-order chi connectivity index (χ0) is 13.8. The first-order chi connectivity index (χ1) is 9.10. The first-order valence-electron chi connectivity index (χ1n) is 5.65. The molecule has 2 N–H and O–H groups in total. The lowest BCUT2D eigenvalue weighted by Crippen LogP contribution is -2.00. The summed E-state index contributed by atoms with van der Waals surface area (Å²) in [6.07, 6.45) is 0. The number of phenols is 1. The van der Waals surface area contributed by atoms with Crippen LogP contribution in [0.1, 0.15) is 5.56 Å². The molecule has 0 saturated carbocycles. The minimum Gasteiger partial charge on any atom is -0.503 e. The third-order valence-corrected chi connectivity index (χ3v) is 3.73. The van der Waals surface area contributed by atoms with Gasteiger partial charge in [0.15, 0.2) is 11.5 Å². The Kier molecular flexibility index (Phi) is 4.71. The number of methoxy groups -OCH3 is 1. The van der Waals surface area contributed by atoms with Crippen LogP contribution in [-0.2, 0) is 6.54 Å². The topological polar surface area (TPSA) is 41.5 Å². The van der Waals surface area contributed by atoms with Gasteiger partial charge in [0, 0.05) is 16.7 Å². The van der Waals surface area contributed by atoms with E-state index in [9.17, 15) is 5.11 Å². The van der Waals surface area contributed by atoms with Crippen molar-refractivity contribution in [2.24, 2.45) is 0 Å². The molecule has 0 saturated heterocycles. The van der Waals surface area contributed by atoms with Gasteiger partial charge in [0.25, 0.3) is 0 Å². The Morgan fingerprint density at radius 3 is 2.68 bits per heavy atom. The Labute approximate surface area is 128 Å². The number of hydrogen-bond donors (Lipinski definition) is 2. The van der Waals surface area contributed by atoms with Crippen molar-refractivity contribution in [1.82, 2.24) is 0 Å². The summed E-state index contributed by atoms with van der Waals surface area (Å²) in [4.78, 5) is 0. The van der Waals surface area contributed by atoms with Gasteiger partial charge in [-0.1, -0.05) is 22.0 Å². The first-order valence-corrected chi connectivity index (χ1v) is 7.23. The lowest BCUT2D eigenvalue weighted by molar-refractivity contribution is 0.371. The van der Waals surface area contributed by atoms with Crippen LogP contribution in [0.25, 0.3) is 0 Å². The quantitative estimate of drug-likeness (QED) is 0.810. The van der Waals surface area contributed by atoms with Crippen LogP contribution < -0.4 is 10.1 Å². The van der Waals surface area contributed by atoms with Crippen molar-refractivity contribution in [3.05, 3.63) is 50.9 Å². The van der Waals surface area contributed by atoms with Crippen molar-refractivity contribution >= 4 is 37.5 Å². The molecule has 2 aromatic carbocycles. The summed E-state index contributed by atoms with van der Waals surface area (Å²) in [5.74, 6) is 0.578. The van der Waals surface area contributed by atoms with Crippen molar-refractivity contribution in [2.45, 2.75) is 6.54 Å². The molecule has 100 valence electrons. The van der Waals surface area contributed by atoms with Crippen LogP contribution in [-0.4, -0.2) is 12.2 Å². The normalized spacial score (nSPS) is 10.3. The second-order valence-electron chi connectivity index (χ2n) is 3.99. The summed E-state index contributed by atoms with van der Waals surface area (Å²) >= 11 is 6.74. The number of anilines is 1. The molecule has 0 fully saturated rings. The monoisotopic (exact) mass is 385 g/mol. The molecule has 5 heteroatoms. The maximum absolute atomic E-state index is 9.75. The minimum atomic E-state index is 0.119. The summed E-state index contributed by atoms with van der Waals surface area (Å²) in [5, 5.41) is 13.1. The fourth-order valence-corrected chi connectivity index (χ4v) is 2.58. The SMILES string of the molecule is COc1cc(CNc2cccc(Br)c2)cc(Br)c1O. The standard InChI is InChI=1S/C14H13Br2NO2/c1-19-13-6-9(5-12(16)14(13)18)8-17-11-4-2-3-10(15)7-11/h2-7,17-18H,8H2,1H3. The van der Waals surface area contributed by atoms with Crippen LogP contribution >= 0.6 is 31.9 Å². The summed E-state index contributed by atoms with van der Waals surface area (Å²) in [6.45, 7) is 0.645. The third-order valence-electron chi connectivity index (χ3n) is 2.63. The average Bonchev–Trinajstić information content (AvgIpc) is 2.40. The van der Waals surface area contributed by atoms with Crippen LogP contribution in [0.4, 0.5) is 5.69 Å². The van der Waals surface area contributed by atoms with E-state index in [1.165, 1.54) is 7.11 Å². The van der Waals surface area contributed by atoms with Crippen LogP contribution in [0.5, 0.6) is 11.5 Å². The van der Waals surface area contributed by atoms with Gasteiger partial charge in [0.1, 0.15) is 0 Å². The van der Waals surface area contributed by atoms with Crippen LogP contribution in [0.2, 0.25) is 0 Å². The highest BCUT2D eigenvalue weighted by Gasteiger charge is 2.08. The molecule has 0 spiro atoms. The van der Waals surface area contributed by atoms with E-state index in [2.05, 4.69) is 37.2 Å². The van der Waals surface area contributed by atoms with Crippen LogP contribution in [0.15, 0.2) is 45.3 Å². The van der Waals surface area contributed by atoms with Gasteiger partial charge in [0.05, 0.1) is 11.6 Å². The molecule has 0 unspecified atom stereocenters. The molecular formula is C14H13Br2NO2. The maximum Gasteiger partial charge on any atom is 0.172 e. The number of ether oxygens (including phenoxy) is 1. The van der Waals surface area contributed by atoms with Crippen molar-refractivity contribution in [2.75, 3.05) is 12.4 Å². The molecule has 0 aliphatic heterocycles. The maximum atomic E-state index is 9.75. The van der Waals surface area contributed by atoms with Crippen molar-refractivity contribution in [3.8, 4) is 11.5 Å². The fraction of sp³-hybridized carbons (Fsp3) is 0.143. The predicted octanol–water partition coefficient (Wildman–Crippen LogP) is 4.54. The molecule has 2 rings (SSSR count). The molecule has 2 aromatic rings. The Bertz CT molecular complexity index is 588. The molecule has 3 nitrogen and oxygen atoms in total. The number of rotatable bonds is 4. The second kappa shape index (κ2) is 6.30. The lowest BCUT2D eigenvalue weighted by Gasteiger charge is -2.11. The Hall–Kier alpha value is -1.20. The number of halogens is 2. The molecular weight excluding hydrogens is 374 g/mol. The van der Waals surface area contributed by atoms with Gasteiger partial charge in [-0.3, -0.25) is 0 Å². The molecule has 0 aliphatic rings. The molecule has 0 aromatic heterocycles. The van der Waals surface area contributed by atoms with Gasteiger partial charge in [-0.25, -0.2) is 0 Å². The highest BCUT2D eigenvalue weighted by atomic mass is 79.9. The number of benzene rings is 2. The molecule has 0 atom stereocenters. The van der Waals surface area contributed by atoms with E-state index in [0.717, 1.165) is 15.7 Å². The number of phenolic OH excluding ortho intramolecular Hbond substituents is 1. The summed E-state index contributed by atoms with van der Waals surface area (Å²) in [6, 6.07) is 11.6. The zero-order valence-electron chi connectivity index (χ0n) is 10.3. The van der Waals surface area contributed by atoms with Crippen LogP contribution in [0, 0.1) is 0 Å². The van der Waals surface area contributed by atoms with Gasteiger partial charge >= 0.3 is 0 Å². The molecule has 19 heavy (non-hydrogen) atoms. The van der Waals surface area contributed by atoms with Gasteiger partial charge in [-0.15, -0.1) is 0 Å². The zero-order valence-corrected chi connectivity index (χ0v) is 13.5. The Morgan fingerprint density at radius 1 is 1.21 bits per heavy atom. The number of aromatic hydroxyl groups is 1. The summed E-state index contributed by atoms with van der Waals surface area (Å²) in [7, 11) is 1.53. The summed E-state index contributed by atoms with van der Waals surface area (Å²) < 4.78 is 6.77. The molecule has 0 amide bonds. The fourth-order valence-electron chi connectivity index (χ4n) is 1.69. The van der Waals surface area contributed by atoms with E-state index in [-0.39, 0.29) is 5.75 Å². The van der Waals surface area contributed by atoms with E-state index in [0.29, 0.717) is 16.8 Å². The second-order valence-corrected chi connectivity index (χ2v) is 5.76. The smallest absolute Gasteiger partial charge is 0.172 e. The van der Waals surface area contributed by atoms with Crippen molar-refractivity contribution in [1.29, 1.82) is 0 Å². The Balaban J connectivity index is 2.13. The summed E-state index contributed by atoms with van der Waals surface area (Å²) in [5.41, 5.74) is 2.04. The van der Waals surface area contributed by atoms with Crippen molar-refractivity contribution < 1.29 is 9.84 Å². The molecule has 0 aliphatic carbocycles. The van der Waals surface area contributed by atoms with Crippen molar-refractivity contribution in [3.63, 3.8) is 0 Å². The highest BCUT2D eigenvalue weighted by molar-refractivity contribution is 9.10. The van der Waals surface area contributed by atoms with E-state index in [1.54, 1.807) is 0 Å². The molecule has 0 radical (unpaired) electrons. The largest absolute Gasteiger partial charge is 0.503 e.